The van der Waals surface area contributed by atoms with Gasteiger partial charge in [-0.15, -0.1) is 0 Å². The van der Waals surface area contributed by atoms with Crippen LogP contribution in [0.15, 0.2) is 24.3 Å². The highest BCUT2D eigenvalue weighted by Gasteiger charge is 2.17. The lowest BCUT2D eigenvalue weighted by Gasteiger charge is -2.13. The van der Waals surface area contributed by atoms with Crippen LogP contribution >= 0.6 is 0 Å². The molecule has 1 aromatic rings. The van der Waals surface area contributed by atoms with E-state index in [0.29, 0.717) is 18.5 Å². The van der Waals surface area contributed by atoms with Crippen molar-refractivity contribution < 1.29 is 14.8 Å². The van der Waals surface area contributed by atoms with E-state index in [9.17, 15) is 14.9 Å². The number of nitrogens with one attached hydrogen (secondary N) is 1. The molecule has 0 saturated carbocycles. The van der Waals surface area contributed by atoms with Crippen molar-refractivity contribution in [3.8, 4) is 0 Å². The van der Waals surface area contributed by atoms with E-state index in [1.165, 1.54) is 6.07 Å². The van der Waals surface area contributed by atoms with Crippen molar-refractivity contribution in [1.29, 1.82) is 0 Å². The number of hydrogen-bond acceptors (Lipinski definition) is 4. The molecule has 98 valence electrons. The van der Waals surface area contributed by atoms with Gasteiger partial charge in [-0.1, -0.05) is 18.2 Å². The Labute approximate surface area is 105 Å². The molecule has 0 aliphatic heterocycles. The number of aliphatic carboxylic acids is 1. The predicted octanol–water partition coefficient (Wildman–Crippen LogP) is 2.11. The van der Waals surface area contributed by atoms with Gasteiger partial charge in [-0.3, -0.25) is 14.9 Å². The molecule has 18 heavy (non-hydrogen) atoms. The maximum Gasteiger partial charge on any atom is 0.303 e. The average Bonchev–Trinajstić information content (AvgIpc) is 2.34. The normalized spacial score (nSPS) is 12.1. The zero-order valence-electron chi connectivity index (χ0n) is 10.1. The smallest absolute Gasteiger partial charge is 0.303 e. The molecule has 2 N–H and O–H groups in total. The Bertz CT molecular complexity index is 434. The van der Waals surface area contributed by atoms with E-state index in [-0.39, 0.29) is 18.2 Å². The largest absolute Gasteiger partial charge is 0.481 e. The van der Waals surface area contributed by atoms with Crippen LogP contribution in [0.25, 0.3) is 0 Å². The van der Waals surface area contributed by atoms with Crippen LogP contribution in [-0.4, -0.2) is 22.5 Å². The maximum absolute atomic E-state index is 10.8. The zero-order chi connectivity index (χ0) is 13.5. The Kier molecular flexibility index (Phi) is 5.26. The molecule has 0 radical (unpaired) electrons. The van der Waals surface area contributed by atoms with Gasteiger partial charge in [0, 0.05) is 24.1 Å². The highest BCUT2D eigenvalue weighted by Crippen LogP contribution is 2.24. The summed E-state index contributed by atoms with van der Waals surface area (Å²) in [5, 5.41) is 22.4. The van der Waals surface area contributed by atoms with Crippen molar-refractivity contribution in [2.24, 2.45) is 0 Å². The van der Waals surface area contributed by atoms with Crippen molar-refractivity contribution in [3.05, 3.63) is 39.9 Å². The highest BCUT2D eigenvalue weighted by molar-refractivity contribution is 5.66. The van der Waals surface area contributed by atoms with Crippen LogP contribution in [0.1, 0.15) is 31.4 Å². The van der Waals surface area contributed by atoms with E-state index in [1.54, 1.807) is 18.2 Å². The molecule has 1 atom stereocenters. The molecule has 0 aromatic heterocycles. The second-order valence-electron chi connectivity index (χ2n) is 3.99. The van der Waals surface area contributed by atoms with Gasteiger partial charge in [0.2, 0.25) is 0 Å². The van der Waals surface area contributed by atoms with Gasteiger partial charge in [0.15, 0.2) is 0 Å². The third kappa shape index (κ3) is 4.14. The van der Waals surface area contributed by atoms with E-state index in [4.69, 9.17) is 5.11 Å². The Morgan fingerprint density at radius 2 is 2.17 bits per heavy atom. The molecule has 1 aromatic carbocycles. The summed E-state index contributed by atoms with van der Waals surface area (Å²) >= 11 is 0. The van der Waals surface area contributed by atoms with Crippen LogP contribution in [0, 0.1) is 10.1 Å². The van der Waals surface area contributed by atoms with Crippen molar-refractivity contribution in [3.63, 3.8) is 0 Å². The summed E-state index contributed by atoms with van der Waals surface area (Å²) in [6, 6.07) is 6.36. The standard InChI is InChI=1S/C12H16N2O4/c1-9(13-8-4-7-12(15)16)10-5-2-3-6-11(10)14(17)18/h2-3,5-6,9,13H,4,7-8H2,1H3,(H,15,16). The minimum atomic E-state index is -0.838. The van der Waals surface area contributed by atoms with Gasteiger partial charge < -0.3 is 10.4 Å². The third-order valence-electron chi connectivity index (χ3n) is 2.62. The van der Waals surface area contributed by atoms with Gasteiger partial charge in [-0.25, -0.2) is 0 Å². The van der Waals surface area contributed by atoms with Crippen molar-refractivity contribution in [2.75, 3.05) is 6.54 Å². The van der Waals surface area contributed by atoms with Gasteiger partial charge in [0.1, 0.15) is 0 Å². The van der Waals surface area contributed by atoms with Crippen LogP contribution in [0.4, 0.5) is 5.69 Å². The van der Waals surface area contributed by atoms with Crippen LogP contribution in [0.5, 0.6) is 0 Å². The Hall–Kier alpha value is -1.95. The lowest BCUT2D eigenvalue weighted by Crippen LogP contribution is -2.21. The van der Waals surface area contributed by atoms with E-state index < -0.39 is 10.9 Å². The minimum absolute atomic E-state index is 0.0794. The first-order chi connectivity index (χ1) is 8.52. The van der Waals surface area contributed by atoms with E-state index >= 15 is 0 Å². The second kappa shape index (κ2) is 6.70. The number of carboxylic acids is 1. The fourth-order valence-corrected chi connectivity index (χ4v) is 1.69. The molecule has 0 spiro atoms. The van der Waals surface area contributed by atoms with Gasteiger partial charge in [0.05, 0.1) is 4.92 Å². The van der Waals surface area contributed by atoms with Crippen LogP contribution in [-0.2, 0) is 4.79 Å². The van der Waals surface area contributed by atoms with E-state index in [2.05, 4.69) is 5.32 Å². The summed E-state index contributed by atoms with van der Waals surface area (Å²) < 4.78 is 0. The van der Waals surface area contributed by atoms with Gasteiger partial charge >= 0.3 is 5.97 Å². The highest BCUT2D eigenvalue weighted by atomic mass is 16.6. The van der Waals surface area contributed by atoms with Gasteiger partial charge in [-0.2, -0.15) is 0 Å². The predicted molar refractivity (Wildman–Crippen MR) is 66.4 cm³/mol. The van der Waals surface area contributed by atoms with Crippen molar-refractivity contribution >= 4 is 11.7 Å². The fraction of sp³-hybridized carbons (Fsp3) is 0.417. The zero-order valence-corrected chi connectivity index (χ0v) is 10.1. The molecule has 6 nitrogen and oxygen atoms in total. The Morgan fingerprint density at radius 3 is 2.78 bits per heavy atom. The molecule has 0 saturated heterocycles. The summed E-state index contributed by atoms with van der Waals surface area (Å²) in [5.74, 6) is -0.838. The summed E-state index contributed by atoms with van der Waals surface area (Å²) in [6.07, 6.45) is 0.594. The molecule has 0 heterocycles. The SMILES string of the molecule is CC(NCCCC(=O)O)c1ccccc1[N+](=O)[O-]. The number of benzene rings is 1. The lowest BCUT2D eigenvalue weighted by atomic mass is 10.1. The molecular formula is C12H16N2O4. The topological polar surface area (TPSA) is 92.5 Å². The maximum atomic E-state index is 10.8. The number of nitrogens with zero attached hydrogens (tertiary/aromatic N) is 1. The second-order valence-corrected chi connectivity index (χ2v) is 3.99. The quantitative estimate of drug-likeness (QED) is 0.440. The molecule has 1 rings (SSSR count). The number of nitro groups is 1. The van der Waals surface area contributed by atoms with E-state index in [1.807, 2.05) is 6.92 Å². The molecule has 0 amide bonds. The van der Waals surface area contributed by atoms with Crippen molar-refractivity contribution in [1.82, 2.24) is 5.32 Å². The summed E-state index contributed by atoms with van der Waals surface area (Å²) in [6.45, 7) is 2.34. The van der Waals surface area contributed by atoms with Gasteiger partial charge in [-0.05, 0) is 19.9 Å². The summed E-state index contributed by atoms with van der Waals surface area (Å²) in [4.78, 5) is 20.8. The van der Waals surface area contributed by atoms with Crippen LogP contribution in [0.3, 0.4) is 0 Å². The third-order valence-corrected chi connectivity index (χ3v) is 2.62. The van der Waals surface area contributed by atoms with E-state index in [0.717, 1.165) is 0 Å². The first-order valence-electron chi connectivity index (χ1n) is 5.71. The van der Waals surface area contributed by atoms with Crippen LogP contribution < -0.4 is 5.32 Å². The number of rotatable bonds is 7. The Morgan fingerprint density at radius 1 is 1.50 bits per heavy atom. The number of carbonyl (C=O) groups is 1. The molecular weight excluding hydrogens is 236 g/mol. The monoisotopic (exact) mass is 252 g/mol. The summed E-state index contributed by atoms with van der Waals surface area (Å²) in [7, 11) is 0. The molecule has 6 heteroatoms. The van der Waals surface area contributed by atoms with Crippen molar-refractivity contribution in [2.45, 2.75) is 25.8 Å². The first-order valence-corrected chi connectivity index (χ1v) is 5.71. The number of hydrogen-bond donors (Lipinski definition) is 2. The molecule has 0 aliphatic rings. The number of carboxylic acid groups (broad SMARTS) is 1. The number of nitro benzene ring substituents is 1. The van der Waals surface area contributed by atoms with Gasteiger partial charge in [0.25, 0.3) is 5.69 Å². The van der Waals surface area contributed by atoms with Crippen LogP contribution in [0.2, 0.25) is 0 Å². The number of para-hydroxylation sites is 1. The molecule has 0 bridgehead atoms. The fourth-order valence-electron chi connectivity index (χ4n) is 1.69. The minimum Gasteiger partial charge on any atom is -0.481 e. The average molecular weight is 252 g/mol. The Balaban J connectivity index is 2.58. The lowest BCUT2D eigenvalue weighted by molar-refractivity contribution is -0.385. The molecule has 1 unspecified atom stereocenters. The summed E-state index contributed by atoms with van der Waals surface area (Å²) in [5.41, 5.74) is 0.688. The molecule has 0 fully saturated rings. The molecule has 0 aliphatic carbocycles. The first kappa shape index (κ1) is 14.1.